The lowest BCUT2D eigenvalue weighted by Gasteiger charge is -2.35. The summed E-state index contributed by atoms with van der Waals surface area (Å²) < 4.78 is 6.99. The molecule has 0 saturated heterocycles. The zero-order valence-electron chi connectivity index (χ0n) is 29.5. The molecule has 6 aromatic carbocycles. The quantitative estimate of drug-likeness (QED) is 0.183. The largest absolute Gasteiger partial charge is 0.452 e. The van der Waals surface area contributed by atoms with Gasteiger partial charge in [-0.05, 0) is 81.9 Å². The second-order valence-electron chi connectivity index (χ2n) is 14.3. The van der Waals surface area contributed by atoms with Crippen LogP contribution in [-0.4, -0.2) is 15.0 Å². The number of rotatable bonds is 3. The third kappa shape index (κ3) is 4.04. The molecule has 3 aromatic heterocycles. The van der Waals surface area contributed by atoms with Crippen molar-refractivity contribution in [3.8, 4) is 56.4 Å². The highest BCUT2D eigenvalue weighted by molar-refractivity contribution is 6.01. The Labute approximate surface area is 317 Å². The molecule has 1 unspecified atom stereocenters. The van der Waals surface area contributed by atoms with Gasteiger partial charge in [-0.2, -0.15) is 0 Å². The Kier molecular flexibility index (Phi) is 6.20. The number of hydrogen-bond acceptors (Lipinski definition) is 5. The zero-order valence-corrected chi connectivity index (χ0v) is 29.5. The molecule has 256 valence electrons. The molecule has 5 heteroatoms. The van der Waals surface area contributed by atoms with Crippen molar-refractivity contribution in [2.75, 3.05) is 4.90 Å². The minimum Gasteiger partial charge on any atom is -0.452 e. The lowest BCUT2D eigenvalue weighted by Crippen LogP contribution is -2.26. The van der Waals surface area contributed by atoms with E-state index in [4.69, 9.17) is 19.7 Å². The highest BCUT2D eigenvalue weighted by Gasteiger charge is 2.54. The van der Waals surface area contributed by atoms with E-state index in [1.165, 1.54) is 11.1 Å². The minimum atomic E-state index is -0.637. The van der Waals surface area contributed by atoms with Crippen molar-refractivity contribution >= 4 is 28.0 Å². The molecule has 1 aliphatic heterocycles. The number of pyridine rings is 3. The van der Waals surface area contributed by atoms with Crippen molar-refractivity contribution < 1.29 is 4.74 Å². The van der Waals surface area contributed by atoms with Crippen molar-refractivity contribution in [1.82, 2.24) is 15.0 Å². The minimum absolute atomic E-state index is 0.637. The summed E-state index contributed by atoms with van der Waals surface area (Å²) in [6.07, 6.45) is 3.75. The topological polar surface area (TPSA) is 51.1 Å². The molecule has 0 radical (unpaired) electrons. The first-order chi connectivity index (χ1) is 27.3. The molecule has 12 rings (SSSR count). The molecular formula is C50H30N4O. The van der Waals surface area contributed by atoms with Gasteiger partial charge in [0.2, 0.25) is 0 Å². The maximum atomic E-state index is 6.99. The van der Waals surface area contributed by atoms with E-state index in [0.29, 0.717) is 0 Å². The average molecular weight is 703 g/mol. The van der Waals surface area contributed by atoms with Gasteiger partial charge in [0.05, 0.1) is 39.4 Å². The third-order valence-electron chi connectivity index (χ3n) is 11.6. The second-order valence-corrected chi connectivity index (χ2v) is 14.3. The van der Waals surface area contributed by atoms with Crippen LogP contribution >= 0.6 is 0 Å². The number of anilines is 3. The van der Waals surface area contributed by atoms with Crippen molar-refractivity contribution in [3.05, 3.63) is 205 Å². The molecule has 9 aromatic rings. The fraction of sp³-hybridized carbons (Fsp3) is 0.0200. The number of para-hydroxylation sites is 4. The van der Waals surface area contributed by atoms with Crippen LogP contribution in [0.2, 0.25) is 0 Å². The lowest BCUT2D eigenvalue weighted by atomic mass is 9.71. The van der Waals surface area contributed by atoms with E-state index in [-0.39, 0.29) is 0 Å². The number of ether oxygens (including phenoxy) is 1. The molecule has 0 fully saturated rings. The summed E-state index contributed by atoms with van der Waals surface area (Å²) in [5, 5.41) is 1.11. The van der Waals surface area contributed by atoms with Gasteiger partial charge < -0.3 is 9.64 Å². The molecule has 5 nitrogen and oxygen atoms in total. The van der Waals surface area contributed by atoms with Gasteiger partial charge in [0.15, 0.2) is 11.5 Å². The zero-order chi connectivity index (χ0) is 36.1. The monoisotopic (exact) mass is 702 g/mol. The number of benzene rings is 6. The van der Waals surface area contributed by atoms with Crippen molar-refractivity contribution in [2.24, 2.45) is 0 Å². The standard InChI is InChI=1S/C50H30N4O/c1-2-15-32(16-3-1)54-42-23-8-9-24-44(42)55-49-43(54)28-26-38-45(49)36-19-6-7-21-37(36)50(38)39-22-12-30-52-47(39)48-40(50)25-27-41(53-48)34-18-5-4-17-33(34)35-20-10-13-31-14-11-29-51-46(31)35/h1-30H. The van der Waals surface area contributed by atoms with Gasteiger partial charge in [-0.1, -0.05) is 121 Å². The maximum Gasteiger partial charge on any atom is 0.159 e. The van der Waals surface area contributed by atoms with Gasteiger partial charge in [-0.25, -0.2) is 4.98 Å². The van der Waals surface area contributed by atoms with Crippen molar-refractivity contribution in [1.29, 1.82) is 0 Å². The van der Waals surface area contributed by atoms with Crippen LogP contribution in [0.1, 0.15) is 22.3 Å². The summed E-state index contributed by atoms with van der Waals surface area (Å²) in [4.78, 5) is 17.7. The maximum absolute atomic E-state index is 6.99. The normalized spacial score (nSPS) is 15.5. The van der Waals surface area contributed by atoms with Crippen LogP contribution in [0.5, 0.6) is 11.5 Å². The van der Waals surface area contributed by atoms with Gasteiger partial charge in [-0.15, -0.1) is 0 Å². The first-order valence-corrected chi connectivity index (χ1v) is 18.6. The van der Waals surface area contributed by atoms with Gasteiger partial charge in [-0.3, -0.25) is 9.97 Å². The van der Waals surface area contributed by atoms with E-state index in [0.717, 1.165) is 95.5 Å². The third-order valence-corrected chi connectivity index (χ3v) is 11.6. The lowest BCUT2D eigenvalue weighted by molar-refractivity contribution is 0.478. The van der Waals surface area contributed by atoms with E-state index >= 15 is 0 Å². The molecule has 3 aliphatic rings. The second kappa shape index (κ2) is 11.3. The summed E-state index contributed by atoms with van der Waals surface area (Å²) in [5.41, 5.74) is 16.3. The van der Waals surface area contributed by atoms with Crippen LogP contribution in [-0.2, 0) is 5.41 Å². The molecule has 1 spiro atoms. The van der Waals surface area contributed by atoms with Crippen LogP contribution < -0.4 is 9.64 Å². The predicted octanol–water partition coefficient (Wildman–Crippen LogP) is 12.3. The summed E-state index contributed by atoms with van der Waals surface area (Å²) >= 11 is 0. The van der Waals surface area contributed by atoms with Gasteiger partial charge in [0.25, 0.3) is 0 Å². The SMILES string of the molecule is c1ccc(N2c3ccccc3Oc3c2ccc2c3-c3ccccc3C23c2cccnc2-c2nc(-c4ccccc4-c4cccc5cccnc45)ccc23)cc1. The van der Waals surface area contributed by atoms with E-state index in [2.05, 4.69) is 163 Å². The van der Waals surface area contributed by atoms with Gasteiger partial charge >= 0.3 is 0 Å². The van der Waals surface area contributed by atoms with Crippen LogP contribution in [0.4, 0.5) is 17.1 Å². The van der Waals surface area contributed by atoms with Crippen LogP contribution in [0, 0.1) is 0 Å². The van der Waals surface area contributed by atoms with E-state index in [1.807, 2.05) is 24.5 Å². The molecule has 0 amide bonds. The molecule has 55 heavy (non-hydrogen) atoms. The smallest absolute Gasteiger partial charge is 0.159 e. The summed E-state index contributed by atoms with van der Waals surface area (Å²) in [6, 6.07) is 59.9. The average Bonchev–Trinajstić information content (AvgIpc) is 3.73. The molecular weight excluding hydrogens is 673 g/mol. The fourth-order valence-electron chi connectivity index (χ4n) is 9.40. The van der Waals surface area contributed by atoms with E-state index in [1.54, 1.807) is 0 Å². The molecule has 4 heterocycles. The number of hydrogen-bond donors (Lipinski definition) is 0. The van der Waals surface area contributed by atoms with Crippen molar-refractivity contribution in [3.63, 3.8) is 0 Å². The Balaban J connectivity index is 1.10. The van der Waals surface area contributed by atoms with Crippen LogP contribution in [0.25, 0.3) is 55.8 Å². The van der Waals surface area contributed by atoms with Gasteiger partial charge in [0, 0.05) is 40.2 Å². The molecule has 0 saturated carbocycles. The Bertz CT molecular complexity index is 3040. The van der Waals surface area contributed by atoms with E-state index in [9.17, 15) is 0 Å². The number of fused-ring (bicyclic) bond motifs is 14. The number of aromatic nitrogens is 3. The predicted molar refractivity (Wildman–Crippen MR) is 219 cm³/mol. The Morgan fingerprint density at radius 3 is 2.07 bits per heavy atom. The Morgan fingerprint density at radius 1 is 0.455 bits per heavy atom. The number of nitrogens with zero attached hydrogens (tertiary/aromatic N) is 4. The molecule has 0 bridgehead atoms. The molecule has 0 N–H and O–H groups in total. The Hall–Kier alpha value is -7.37. The molecule has 1 atom stereocenters. The van der Waals surface area contributed by atoms with E-state index < -0.39 is 5.41 Å². The summed E-state index contributed by atoms with van der Waals surface area (Å²) in [6.45, 7) is 0. The first kappa shape index (κ1) is 30.1. The summed E-state index contributed by atoms with van der Waals surface area (Å²) in [5.74, 6) is 1.68. The van der Waals surface area contributed by atoms with Crippen molar-refractivity contribution in [2.45, 2.75) is 5.41 Å². The Morgan fingerprint density at radius 2 is 1.15 bits per heavy atom. The van der Waals surface area contributed by atoms with Gasteiger partial charge in [0.1, 0.15) is 0 Å². The highest BCUT2D eigenvalue weighted by atomic mass is 16.5. The molecule has 2 aliphatic carbocycles. The fourth-order valence-corrected chi connectivity index (χ4v) is 9.40. The first-order valence-electron chi connectivity index (χ1n) is 18.6. The van der Waals surface area contributed by atoms with Crippen LogP contribution in [0.3, 0.4) is 0 Å². The van der Waals surface area contributed by atoms with Crippen LogP contribution in [0.15, 0.2) is 182 Å². The summed E-state index contributed by atoms with van der Waals surface area (Å²) in [7, 11) is 0. The highest BCUT2D eigenvalue weighted by Crippen LogP contribution is 2.66.